The molecule has 1 aliphatic heterocycles. The third-order valence-corrected chi connectivity index (χ3v) is 4.60. The van der Waals surface area contributed by atoms with Gasteiger partial charge in [-0.15, -0.1) is 0 Å². The lowest BCUT2D eigenvalue weighted by atomic mass is 10.1. The molecule has 0 saturated carbocycles. The average molecular weight is 348 g/mol. The minimum atomic E-state index is -0.265. The highest BCUT2D eigenvalue weighted by molar-refractivity contribution is 5.67. The molecule has 0 atom stereocenters. The Kier molecular flexibility index (Phi) is 9.37. The second-order valence-electron chi connectivity index (χ2n) is 6.70. The lowest BCUT2D eigenvalue weighted by Gasteiger charge is -2.31. The van der Waals surface area contributed by atoms with Gasteiger partial charge in [-0.3, -0.25) is 4.90 Å². The van der Waals surface area contributed by atoms with Crippen LogP contribution in [0.25, 0.3) is 0 Å². The number of carbonyl (C=O) groups excluding carboxylic acids is 1. The zero-order valence-corrected chi connectivity index (χ0v) is 15.4. The van der Waals surface area contributed by atoms with E-state index in [0.717, 1.165) is 64.8 Å². The van der Waals surface area contributed by atoms with Crippen molar-refractivity contribution < 1.29 is 14.3 Å². The molecule has 1 heterocycles. The number of alkyl carbamates (subject to hydrolysis) is 1. The Hall–Kier alpha value is -1.59. The fourth-order valence-corrected chi connectivity index (χ4v) is 3.14. The summed E-state index contributed by atoms with van der Waals surface area (Å²) in [7, 11) is 1.73. The van der Waals surface area contributed by atoms with Gasteiger partial charge < -0.3 is 14.8 Å². The van der Waals surface area contributed by atoms with Crippen LogP contribution in [-0.4, -0.2) is 50.4 Å². The van der Waals surface area contributed by atoms with E-state index in [1.807, 2.05) is 6.07 Å². The Morgan fingerprint density at radius 1 is 1.12 bits per heavy atom. The van der Waals surface area contributed by atoms with Crippen LogP contribution >= 0.6 is 0 Å². The first-order valence-electron chi connectivity index (χ1n) is 9.47. The van der Waals surface area contributed by atoms with Crippen molar-refractivity contribution in [3.63, 3.8) is 0 Å². The van der Waals surface area contributed by atoms with Gasteiger partial charge in [-0.25, -0.2) is 4.79 Å². The highest BCUT2D eigenvalue weighted by Crippen LogP contribution is 2.16. The highest BCUT2D eigenvalue weighted by atomic mass is 16.6. The summed E-state index contributed by atoms with van der Waals surface area (Å²) in [5, 5.41) is 2.87. The van der Waals surface area contributed by atoms with Crippen LogP contribution in [0.3, 0.4) is 0 Å². The molecule has 0 unspecified atom stereocenters. The molecule has 0 radical (unpaired) electrons. The molecule has 1 N–H and O–H groups in total. The largest absolute Gasteiger partial charge is 0.446 e. The summed E-state index contributed by atoms with van der Waals surface area (Å²) in [6, 6.07) is 10.5. The van der Waals surface area contributed by atoms with E-state index in [4.69, 9.17) is 9.47 Å². The Balaban J connectivity index is 1.52. The number of benzene rings is 1. The fraction of sp³-hybridized carbons (Fsp3) is 0.650. The number of hydrogen-bond acceptors (Lipinski definition) is 4. The molecule has 1 fully saturated rings. The Bertz CT molecular complexity index is 473. The van der Waals surface area contributed by atoms with Crippen LogP contribution in [0.15, 0.2) is 30.3 Å². The smallest absolute Gasteiger partial charge is 0.407 e. The van der Waals surface area contributed by atoms with Gasteiger partial charge in [-0.1, -0.05) is 43.2 Å². The van der Waals surface area contributed by atoms with Crippen molar-refractivity contribution in [2.24, 2.45) is 0 Å². The van der Waals surface area contributed by atoms with E-state index in [1.54, 1.807) is 7.11 Å². The van der Waals surface area contributed by atoms with E-state index in [2.05, 4.69) is 34.5 Å². The van der Waals surface area contributed by atoms with E-state index >= 15 is 0 Å². The first kappa shape index (κ1) is 19.7. The first-order chi connectivity index (χ1) is 12.3. The summed E-state index contributed by atoms with van der Waals surface area (Å²) < 4.78 is 10.6. The first-order valence-corrected chi connectivity index (χ1v) is 9.47. The molecule has 0 aromatic heterocycles. The molecule has 1 saturated heterocycles. The molecule has 1 aromatic carbocycles. The zero-order valence-electron chi connectivity index (χ0n) is 15.4. The number of likely N-dealkylation sites (tertiary alicyclic amines) is 1. The lowest BCUT2D eigenvalue weighted by molar-refractivity contribution is 0.0487. The van der Waals surface area contributed by atoms with Crippen molar-refractivity contribution >= 4 is 6.09 Å². The Morgan fingerprint density at radius 2 is 1.84 bits per heavy atom. The van der Waals surface area contributed by atoms with Gasteiger partial charge in [0.15, 0.2) is 0 Å². The van der Waals surface area contributed by atoms with Crippen LogP contribution in [0.1, 0.15) is 44.1 Å². The van der Waals surface area contributed by atoms with Gasteiger partial charge in [0.25, 0.3) is 0 Å². The van der Waals surface area contributed by atoms with E-state index in [-0.39, 0.29) is 12.2 Å². The minimum absolute atomic E-state index is 0.0497. The van der Waals surface area contributed by atoms with Crippen LogP contribution in [0.4, 0.5) is 4.79 Å². The SMILES string of the molecule is COCCCCCCNC(=O)OC1CCN(Cc2ccccc2)CC1. The summed E-state index contributed by atoms with van der Waals surface area (Å²) in [5.41, 5.74) is 1.34. The van der Waals surface area contributed by atoms with E-state index in [0.29, 0.717) is 6.54 Å². The highest BCUT2D eigenvalue weighted by Gasteiger charge is 2.22. The summed E-state index contributed by atoms with van der Waals surface area (Å²) in [6.45, 7) is 4.44. The second kappa shape index (κ2) is 11.9. The average Bonchev–Trinajstić information content (AvgIpc) is 2.63. The summed E-state index contributed by atoms with van der Waals surface area (Å²) in [5.74, 6) is 0. The van der Waals surface area contributed by atoms with Crippen LogP contribution in [0.2, 0.25) is 0 Å². The number of ether oxygens (including phenoxy) is 2. The number of hydrogen-bond donors (Lipinski definition) is 1. The van der Waals surface area contributed by atoms with Crippen LogP contribution in [0.5, 0.6) is 0 Å². The molecule has 5 nitrogen and oxygen atoms in total. The number of methoxy groups -OCH3 is 1. The van der Waals surface area contributed by atoms with Crippen molar-refractivity contribution in [3.8, 4) is 0 Å². The lowest BCUT2D eigenvalue weighted by Crippen LogP contribution is -2.39. The number of carbonyl (C=O) groups is 1. The van der Waals surface area contributed by atoms with Crippen molar-refractivity contribution in [3.05, 3.63) is 35.9 Å². The quantitative estimate of drug-likeness (QED) is 0.657. The zero-order chi connectivity index (χ0) is 17.7. The molecule has 1 amide bonds. The molecule has 0 aliphatic carbocycles. The number of rotatable bonds is 10. The number of nitrogens with zero attached hydrogens (tertiary/aromatic N) is 1. The third kappa shape index (κ3) is 8.36. The predicted molar refractivity (Wildman–Crippen MR) is 99.6 cm³/mol. The Labute approximate surface area is 151 Å². The summed E-state index contributed by atoms with van der Waals surface area (Å²) >= 11 is 0. The van der Waals surface area contributed by atoms with E-state index in [1.165, 1.54) is 5.56 Å². The standard InChI is InChI=1S/C20H32N2O3/c1-24-16-8-3-2-7-13-21-20(23)25-19-11-14-22(15-12-19)17-18-9-5-4-6-10-18/h4-6,9-10,19H,2-3,7-8,11-17H2,1H3,(H,21,23). The van der Waals surface area contributed by atoms with Gasteiger partial charge in [0.1, 0.15) is 6.10 Å². The topological polar surface area (TPSA) is 50.8 Å². The summed E-state index contributed by atoms with van der Waals surface area (Å²) in [6.07, 6.45) is 5.95. The molecule has 25 heavy (non-hydrogen) atoms. The monoisotopic (exact) mass is 348 g/mol. The van der Waals surface area contributed by atoms with Gasteiger partial charge in [-0.2, -0.15) is 0 Å². The molecular weight excluding hydrogens is 316 g/mol. The number of piperidine rings is 1. The fourth-order valence-electron chi connectivity index (χ4n) is 3.14. The number of amides is 1. The second-order valence-corrected chi connectivity index (χ2v) is 6.70. The number of unbranched alkanes of at least 4 members (excludes halogenated alkanes) is 3. The predicted octanol–water partition coefficient (Wildman–Crippen LogP) is 3.58. The molecule has 0 spiro atoms. The van der Waals surface area contributed by atoms with Crippen molar-refractivity contribution in [1.82, 2.24) is 10.2 Å². The van der Waals surface area contributed by atoms with Gasteiger partial charge in [-0.05, 0) is 31.2 Å². The molecule has 2 rings (SSSR count). The van der Waals surface area contributed by atoms with Gasteiger partial charge in [0.2, 0.25) is 0 Å². The molecule has 1 aliphatic rings. The maximum atomic E-state index is 11.9. The number of nitrogens with one attached hydrogen (secondary N) is 1. The van der Waals surface area contributed by atoms with Gasteiger partial charge in [0, 0.05) is 39.9 Å². The summed E-state index contributed by atoms with van der Waals surface area (Å²) in [4.78, 5) is 14.3. The normalized spacial score (nSPS) is 15.9. The van der Waals surface area contributed by atoms with Crippen molar-refractivity contribution in [2.75, 3.05) is 33.4 Å². The van der Waals surface area contributed by atoms with E-state index in [9.17, 15) is 4.79 Å². The van der Waals surface area contributed by atoms with Crippen molar-refractivity contribution in [1.29, 1.82) is 0 Å². The Morgan fingerprint density at radius 3 is 2.56 bits per heavy atom. The maximum Gasteiger partial charge on any atom is 0.407 e. The van der Waals surface area contributed by atoms with E-state index < -0.39 is 0 Å². The molecule has 140 valence electrons. The molecular formula is C20H32N2O3. The molecule has 0 bridgehead atoms. The van der Waals surface area contributed by atoms with Crippen LogP contribution < -0.4 is 5.32 Å². The van der Waals surface area contributed by atoms with Crippen molar-refractivity contribution in [2.45, 2.75) is 51.2 Å². The maximum absolute atomic E-state index is 11.9. The minimum Gasteiger partial charge on any atom is -0.446 e. The molecule has 1 aromatic rings. The van der Waals surface area contributed by atoms with Gasteiger partial charge in [0.05, 0.1) is 0 Å². The van der Waals surface area contributed by atoms with Gasteiger partial charge >= 0.3 is 6.09 Å². The third-order valence-electron chi connectivity index (χ3n) is 4.60. The van der Waals surface area contributed by atoms with Crippen LogP contribution in [0, 0.1) is 0 Å². The van der Waals surface area contributed by atoms with Crippen LogP contribution in [-0.2, 0) is 16.0 Å². The molecule has 5 heteroatoms.